The largest absolute Gasteiger partial charge is 0.437 e. The van der Waals surface area contributed by atoms with E-state index in [4.69, 9.17) is 15.7 Å². The lowest BCUT2D eigenvalue weighted by Crippen LogP contribution is -2.51. The molecule has 0 unspecified atom stereocenters. The summed E-state index contributed by atoms with van der Waals surface area (Å²) in [4.78, 5) is 42.8. The zero-order valence-corrected chi connectivity index (χ0v) is 41.6. The first-order chi connectivity index (χ1) is 33.0. The minimum Gasteiger partial charge on any atom is -0.437 e. The lowest BCUT2D eigenvalue weighted by Gasteiger charge is -2.41. The van der Waals surface area contributed by atoms with Gasteiger partial charge in [0.15, 0.2) is 0 Å². The van der Waals surface area contributed by atoms with Crippen LogP contribution in [0.15, 0.2) is 134 Å². The Morgan fingerprint density at radius 2 is 1.09 bits per heavy atom. The molecular formula is C55H72BN9O4. The lowest BCUT2D eigenvalue weighted by molar-refractivity contribution is -0.136. The van der Waals surface area contributed by atoms with E-state index in [0.717, 1.165) is 39.7 Å². The van der Waals surface area contributed by atoms with Crippen LogP contribution in [0.3, 0.4) is 0 Å². The number of imidazole rings is 2. The second-order valence-electron chi connectivity index (χ2n) is 20.6. The van der Waals surface area contributed by atoms with Crippen molar-refractivity contribution in [1.29, 1.82) is 0 Å². The Kier molecular flexibility index (Phi) is 16.8. The van der Waals surface area contributed by atoms with E-state index >= 15 is 0 Å². The number of nitrogens with zero attached hydrogens (tertiary/aromatic N) is 7. The molecular weight excluding hydrogens is 861 g/mol. The fourth-order valence-electron chi connectivity index (χ4n) is 9.82. The van der Waals surface area contributed by atoms with E-state index in [1.807, 2.05) is 87.4 Å². The molecule has 4 atom stereocenters. The molecule has 4 aromatic carbocycles. The number of aliphatic hydroxyl groups excluding tert-OH is 1. The van der Waals surface area contributed by atoms with Crippen LogP contribution >= 0.6 is 0 Å². The molecule has 2 fully saturated rings. The fraction of sp³-hybridized carbons (Fsp3) is 0.418. The molecule has 0 radical (unpaired) electrons. The summed E-state index contributed by atoms with van der Waals surface area (Å²) in [5.74, 6) is 1.89. The lowest BCUT2D eigenvalue weighted by atomic mass is 9.82. The van der Waals surface area contributed by atoms with Crippen molar-refractivity contribution >= 4 is 18.9 Å². The maximum atomic E-state index is 13.6. The molecule has 6 aromatic rings. The van der Waals surface area contributed by atoms with Gasteiger partial charge in [0.2, 0.25) is 11.8 Å². The minimum absolute atomic E-state index is 0.00653. The molecule has 8 rings (SSSR count). The molecule has 0 bridgehead atoms. The number of rotatable bonds is 13. The molecule has 2 aromatic heterocycles. The van der Waals surface area contributed by atoms with Gasteiger partial charge in [0.05, 0.1) is 30.1 Å². The van der Waals surface area contributed by atoms with Crippen molar-refractivity contribution in [2.75, 3.05) is 39.3 Å². The molecule has 2 aliphatic rings. The van der Waals surface area contributed by atoms with Crippen LogP contribution in [-0.2, 0) is 22.7 Å². The van der Waals surface area contributed by atoms with E-state index in [1.54, 1.807) is 6.82 Å². The number of carbonyl (C=O) groups excluding carboxylic acids is 2. The van der Waals surface area contributed by atoms with E-state index in [2.05, 4.69) is 117 Å². The smallest absolute Gasteiger partial charge is 0.376 e. The number of aliphatic hydroxyl groups is 1. The summed E-state index contributed by atoms with van der Waals surface area (Å²) in [7, 11) is -0.743. The topological polar surface area (TPSA) is 158 Å². The highest BCUT2D eigenvalue weighted by molar-refractivity contribution is 6.45. The average Bonchev–Trinajstić information content (AvgIpc) is 3.82. The zero-order chi connectivity index (χ0) is 49.3. The number of nitrogens with one attached hydrogen (secondary N) is 1. The molecule has 0 spiro atoms. The molecule has 0 aliphatic carbocycles. The SMILES string of the molecule is CB(O)N1CCC(=O)N([C@@H](c2nc(-c3ccccc3)cn2Cc2ccccc2)C(C)(C)C)C[C@H]1CO.CC(C)(C)[C@H](c1nc(-c2ccccc2)cn1Cc1ccccc1)N1C[C@@H](CN)NCCC1=O. The number of hydrogen-bond acceptors (Lipinski definition) is 9. The molecule has 69 heavy (non-hydrogen) atoms. The fourth-order valence-corrected chi connectivity index (χ4v) is 9.82. The van der Waals surface area contributed by atoms with Crippen LogP contribution in [-0.4, -0.2) is 114 Å². The van der Waals surface area contributed by atoms with Gasteiger partial charge in [-0.3, -0.25) is 9.59 Å². The molecule has 364 valence electrons. The third kappa shape index (κ3) is 12.7. The Hall–Kier alpha value is -5.90. The first-order valence-electron chi connectivity index (χ1n) is 24.5. The highest BCUT2D eigenvalue weighted by atomic mass is 16.3. The van der Waals surface area contributed by atoms with Crippen LogP contribution in [0.4, 0.5) is 0 Å². The number of hydrogen-bond donors (Lipinski definition) is 4. The summed E-state index contributed by atoms with van der Waals surface area (Å²) in [5, 5.41) is 23.9. The quantitative estimate of drug-likeness (QED) is 0.0860. The van der Waals surface area contributed by atoms with Gasteiger partial charge in [-0.05, 0) is 35.3 Å². The molecule has 2 saturated heterocycles. The van der Waals surface area contributed by atoms with E-state index in [-0.39, 0.29) is 59.8 Å². The van der Waals surface area contributed by atoms with Crippen molar-refractivity contribution in [2.45, 2.75) is 98.5 Å². The highest BCUT2D eigenvalue weighted by Crippen LogP contribution is 2.42. The molecule has 4 heterocycles. The molecule has 2 amide bonds. The van der Waals surface area contributed by atoms with Crippen LogP contribution in [0.5, 0.6) is 0 Å². The Morgan fingerprint density at radius 3 is 1.49 bits per heavy atom. The second-order valence-corrected chi connectivity index (χ2v) is 20.6. The minimum atomic E-state index is -0.743. The third-order valence-corrected chi connectivity index (χ3v) is 13.2. The predicted octanol–water partition coefficient (Wildman–Crippen LogP) is 7.53. The standard InChI is InChI=1S/C28H37BN4O3.C27H35N5O/c1-28(2,3)26(32-18-23(20-34)33(29(4)36)16-15-25(32)35)27-30-24(22-13-9-6-10-14-22)19-31(27)17-21-11-7-5-8-12-21;1-27(2,3)25(32-18-22(16-28)29-15-14-24(32)33)26-30-23(21-12-8-5-9-13-21)19-31(26)17-20-10-6-4-7-11-20/h5-14,19,23,26,34,36H,15-18,20H2,1-4H3;4-13,19,22,25,29H,14-18,28H2,1-3H3/t23-,26-;22-,25+/m01/s1. The Balaban J connectivity index is 0.000000205. The van der Waals surface area contributed by atoms with Crippen LogP contribution in [0.1, 0.15) is 89.2 Å². The normalized spacial score (nSPS) is 18.2. The van der Waals surface area contributed by atoms with Gasteiger partial charge in [-0.1, -0.05) is 163 Å². The van der Waals surface area contributed by atoms with Crippen molar-refractivity contribution in [3.8, 4) is 22.5 Å². The van der Waals surface area contributed by atoms with E-state index in [1.165, 1.54) is 5.56 Å². The summed E-state index contributed by atoms with van der Waals surface area (Å²) < 4.78 is 4.38. The van der Waals surface area contributed by atoms with Crippen LogP contribution in [0, 0.1) is 10.8 Å². The molecule has 5 N–H and O–H groups in total. The molecule has 14 heteroatoms. The number of benzene rings is 4. The molecule has 0 saturated carbocycles. The van der Waals surface area contributed by atoms with Gasteiger partial charge in [-0.2, -0.15) is 0 Å². The summed E-state index contributed by atoms with van der Waals surface area (Å²) in [6, 6.07) is 40.2. The average molecular weight is 934 g/mol. The summed E-state index contributed by atoms with van der Waals surface area (Å²) >= 11 is 0. The number of amides is 2. The first-order valence-corrected chi connectivity index (χ1v) is 24.5. The van der Waals surface area contributed by atoms with Crippen LogP contribution < -0.4 is 11.1 Å². The maximum Gasteiger partial charge on any atom is 0.376 e. The summed E-state index contributed by atoms with van der Waals surface area (Å²) in [5.41, 5.74) is 11.7. The van der Waals surface area contributed by atoms with Crippen LogP contribution in [0.2, 0.25) is 6.82 Å². The van der Waals surface area contributed by atoms with Gasteiger partial charge in [0.25, 0.3) is 0 Å². The number of aromatic nitrogens is 4. The predicted molar refractivity (Wildman–Crippen MR) is 276 cm³/mol. The number of carbonyl (C=O) groups is 2. The Bertz CT molecular complexity index is 2560. The van der Waals surface area contributed by atoms with Gasteiger partial charge in [-0.15, -0.1) is 0 Å². The Morgan fingerprint density at radius 1 is 0.667 bits per heavy atom. The monoisotopic (exact) mass is 934 g/mol. The second kappa shape index (κ2) is 22.7. The van der Waals surface area contributed by atoms with Crippen molar-refractivity contribution < 1.29 is 19.7 Å². The van der Waals surface area contributed by atoms with Gasteiger partial charge >= 0.3 is 7.05 Å². The van der Waals surface area contributed by atoms with Crippen molar-refractivity contribution in [3.05, 3.63) is 156 Å². The van der Waals surface area contributed by atoms with Crippen molar-refractivity contribution in [3.63, 3.8) is 0 Å². The highest BCUT2D eigenvalue weighted by Gasteiger charge is 2.43. The van der Waals surface area contributed by atoms with Crippen LogP contribution in [0.25, 0.3) is 22.5 Å². The maximum absolute atomic E-state index is 13.6. The third-order valence-electron chi connectivity index (χ3n) is 13.2. The zero-order valence-electron chi connectivity index (χ0n) is 41.6. The van der Waals surface area contributed by atoms with Gasteiger partial charge in [-0.25, -0.2) is 9.97 Å². The molecule has 2 aliphatic heterocycles. The van der Waals surface area contributed by atoms with Crippen molar-refractivity contribution in [2.24, 2.45) is 16.6 Å². The Labute approximate surface area is 409 Å². The van der Waals surface area contributed by atoms with Gasteiger partial charge < -0.3 is 44.9 Å². The van der Waals surface area contributed by atoms with E-state index in [0.29, 0.717) is 52.2 Å². The van der Waals surface area contributed by atoms with Gasteiger partial charge in [0.1, 0.15) is 11.6 Å². The summed E-state index contributed by atoms with van der Waals surface area (Å²) in [6.07, 6.45) is 4.94. The van der Waals surface area contributed by atoms with Crippen molar-refractivity contribution in [1.82, 2.24) is 39.0 Å². The van der Waals surface area contributed by atoms with E-state index < -0.39 is 7.05 Å². The van der Waals surface area contributed by atoms with E-state index in [9.17, 15) is 19.7 Å². The molecule has 13 nitrogen and oxygen atoms in total. The first kappa shape index (κ1) is 51.0. The number of nitrogens with two attached hydrogens (primary N) is 1. The van der Waals surface area contributed by atoms with Gasteiger partial charge in [0, 0.05) is 87.7 Å². The summed E-state index contributed by atoms with van der Waals surface area (Å²) in [6.45, 7) is 18.3.